The van der Waals surface area contributed by atoms with E-state index in [4.69, 9.17) is 5.73 Å². The summed E-state index contributed by atoms with van der Waals surface area (Å²) in [5.74, 6) is -0.713. The van der Waals surface area contributed by atoms with Crippen molar-refractivity contribution in [3.05, 3.63) is 77.4 Å². The van der Waals surface area contributed by atoms with Crippen LogP contribution in [-0.2, 0) is 5.41 Å². The first kappa shape index (κ1) is 19.6. The molecule has 7 nitrogen and oxygen atoms in total. The number of aliphatic hydroxyl groups is 1. The number of hydrogen-bond donors (Lipinski definition) is 3. The first-order chi connectivity index (χ1) is 14.8. The van der Waals surface area contributed by atoms with E-state index < -0.39 is 23.6 Å². The Morgan fingerprint density at radius 2 is 2.16 bits per heavy atom. The summed E-state index contributed by atoms with van der Waals surface area (Å²) in [5, 5.41) is 24.7. The molecule has 3 atom stereocenters. The molecule has 0 spiro atoms. The lowest BCUT2D eigenvalue weighted by Crippen LogP contribution is -2.39. The summed E-state index contributed by atoms with van der Waals surface area (Å²) < 4.78 is 19.4. The van der Waals surface area contributed by atoms with E-state index in [2.05, 4.69) is 5.10 Å². The molecular formula is C23H23FN4O3. The summed E-state index contributed by atoms with van der Waals surface area (Å²) in [7, 11) is 0. The first-order valence-electron chi connectivity index (χ1n) is 10.2. The molecule has 3 heterocycles. The Morgan fingerprint density at radius 3 is 2.84 bits per heavy atom. The molecule has 1 fully saturated rings. The van der Waals surface area contributed by atoms with E-state index in [0.717, 1.165) is 12.8 Å². The van der Waals surface area contributed by atoms with Crippen molar-refractivity contribution in [1.82, 2.24) is 14.2 Å². The van der Waals surface area contributed by atoms with Crippen LogP contribution in [0.5, 0.6) is 5.75 Å². The van der Waals surface area contributed by atoms with Crippen LogP contribution in [0.2, 0.25) is 0 Å². The van der Waals surface area contributed by atoms with Gasteiger partial charge in [0.25, 0.3) is 5.91 Å². The molecular weight excluding hydrogens is 399 g/mol. The molecule has 160 valence electrons. The van der Waals surface area contributed by atoms with Gasteiger partial charge in [-0.05, 0) is 43.5 Å². The molecule has 0 aromatic carbocycles. The molecule has 3 unspecified atom stereocenters. The van der Waals surface area contributed by atoms with E-state index in [9.17, 15) is 15.0 Å². The fourth-order valence-electron chi connectivity index (χ4n) is 4.40. The number of alkyl halides is 1. The van der Waals surface area contributed by atoms with E-state index in [-0.39, 0.29) is 11.3 Å². The smallest absolute Gasteiger partial charge is 0.250 e. The van der Waals surface area contributed by atoms with E-state index in [1.54, 1.807) is 41.9 Å². The Hall–Kier alpha value is -3.39. The molecule has 3 aromatic rings. The predicted octanol–water partition coefficient (Wildman–Crippen LogP) is 2.78. The van der Waals surface area contributed by atoms with Gasteiger partial charge in [0.1, 0.15) is 11.9 Å². The number of hydrogen-bond acceptors (Lipinski definition) is 4. The van der Waals surface area contributed by atoms with Gasteiger partial charge in [-0.1, -0.05) is 12.2 Å². The Morgan fingerprint density at radius 1 is 1.39 bits per heavy atom. The number of allylic oxidation sites excluding steroid dienone is 2. The maximum absolute atomic E-state index is 15.9. The average molecular weight is 422 g/mol. The number of amides is 1. The summed E-state index contributed by atoms with van der Waals surface area (Å²) in [5.41, 5.74) is 6.44. The second-order valence-corrected chi connectivity index (χ2v) is 8.34. The van der Waals surface area contributed by atoms with Gasteiger partial charge in [0.2, 0.25) is 0 Å². The number of pyridine rings is 1. The second-order valence-electron chi connectivity index (χ2n) is 8.34. The third kappa shape index (κ3) is 2.97. The van der Waals surface area contributed by atoms with Crippen molar-refractivity contribution in [2.24, 2.45) is 5.73 Å². The second kappa shape index (κ2) is 6.81. The zero-order valence-electron chi connectivity index (χ0n) is 16.9. The highest BCUT2D eigenvalue weighted by Crippen LogP contribution is 2.45. The van der Waals surface area contributed by atoms with Crippen LogP contribution >= 0.6 is 0 Å². The number of rotatable bonds is 5. The molecule has 0 saturated heterocycles. The highest BCUT2D eigenvalue weighted by molar-refractivity contribution is 6.00. The van der Waals surface area contributed by atoms with E-state index >= 15 is 4.39 Å². The molecule has 2 aliphatic rings. The fraction of sp³-hybridized carbons (Fsp3) is 0.304. The van der Waals surface area contributed by atoms with Gasteiger partial charge in [-0.2, -0.15) is 5.10 Å². The molecule has 31 heavy (non-hydrogen) atoms. The van der Waals surface area contributed by atoms with Gasteiger partial charge in [0, 0.05) is 29.7 Å². The van der Waals surface area contributed by atoms with Gasteiger partial charge in [-0.15, -0.1) is 0 Å². The van der Waals surface area contributed by atoms with Crippen LogP contribution in [0.25, 0.3) is 5.52 Å². The molecule has 0 aliphatic heterocycles. The van der Waals surface area contributed by atoms with Crippen molar-refractivity contribution in [3.63, 3.8) is 0 Å². The van der Waals surface area contributed by atoms with Gasteiger partial charge in [0.05, 0.1) is 34.8 Å². The summed E-state index contributed by atoms with van der Waals surface area (Å²) in [6, 6.07) is 4.77. The van der Waals surface area contributed by atoms with Crippen LogP contribution in [0.3, 0.4) is 0 Å². The molecule has 0 radical (unpaired) electrons. The predicted molar refractivity (Wildman–Crippen MR) is 113 cm³/mol. The fourth-order valence-corrected chi connectivity index (χ4v) is 4.40. The van der Waals surface area contributed by atoms with Crippen LogP contribution < -0.4 is 5.73 Å². The minimum Gasteiger partial charge on any atom is -0.508 e. The molecule has 0 bridgehead atoms. The number of aliphatic hydroxyl groups excluding tert-OH is 1. The Kier molecular flexibility index (Phi) is 4.30. The zero-order chi connectivity index (χ0) is 21.9. The highest BCUT2D eigenvalue weighted by atomic mass is 19.1. The van der Waals surface area contributed by atoms with Crippen LogP contribution in [0.4, 0.5) is 4.39 Å². The minimum atomic E-state index is -1.49. The Bertz CT molecular complexity index is 1250. The van der Waals surface area contributed by atoms with Crippen molar-refractivity contribution in [3.8, 4) is 5.75 Å². The number of aromatic hydroxyl groups is 1. The van der Waals surface area contributed by atoms with Gasteiger partial charge in [-0.3, -0.25) is 9.48 Å². The van der Waals surface area contributed by atoms with Crippen LogP contribution in [-0.4, -0.2) is 42.6 Å². The van der Waals surface area contributed by atoms with Gasteiger partial charge in [0.15, 0.2) is 0 Å². The van der Waals surface area contributed by atoms with Gasteiger partial charge >= 0.3 is 0 Å². The van der Waals surface area contributed by atoms with E-state index in [1.807, 2.05) is 10.9 Å². The lowest BCUT2D eigenvalue weighted by Gasteiger charge is -2.35. The molecule has 4 N–H and O–H groups in total. The first-order valence-corrected chi connectivity index (χ1v) is 10.2. The summed E-state index contributed by atoms with van der Waals surface area (Å²) >= 11 is 0. The van der Waals surface area contributed by atoms with E-state index in [0.29, 0.717) is 28.4 Å². The number of halogens is 1. The average Bonchev–Trinajstić information content (AvgIpc) is 3.33. The third-order valence-electron chi connectivity index (χ3n) is 6.21. The van der Waals surface area contributed by atoms with Gasteiger partial charge in [-0.25, -0.2) is 4.39 Å². The van der Waals surface area contributed by atoms with Crippen molar-refractivity contribution >= 4 is 11.4 Å². The maximum atomic E-state index is 15.9. The molecule has 5 rings (SSSR count). The number of aromatic nitrogens is 3. The van der Waals surface area contributed by atoms with Crippen molar-refractivity contribution in [2.45, 2.75) is 43.5 Å². The number of fused-ring (bicyclic) bond motifs is 1. The topological polar surface area (TPSA) is 106 Å². The normalized spacial score (nSPS) is 24.4. The summed E-state index contributed by atoms with van der Waals surface area (Å²) in [4.78, 5) is 12.2. The molecule has 3 aromatic heterocycles. The quantitative estimate of drug-likeness (QED) is 0.588. The molecule has 1 amide bonds. The van der Waals surface area contributed by atoms with Crippen molar-refractivity contribution < 1.29 is 19.4 Å². The standard InChI is InChI=1S/C23H23FN4O3/c1-13(29)14-2-5-20(24)23(10-14,15-11-26-28(12-15)16-3-4-16)21-9-18(22(25)31)19-8-17(30)6-7-27(19)21/h2,5-13,16,20,29-30H,3-4H2,1H3,(H2,25,31). The molecule has 2 aliphatic carbocycles. The number of nitrogens with zero attached hydrogens (tertiary/aromatic N) is 3. The monoisotopic (exact) mass is 422 g/mol. The van der Waals surface area contributed by atoms with Crippen LogP contribution in [0, 0.1) is 0 Å². The molecule has 8 heteroatoms. The van der Waals surface area contributed by atoms with Crippen LogP contribution in [0.1, 0.15) is 47.4 Å². The summed E-state index contributed by atoms with van der Waals surface area (Å²) in [6.07, 6.45) is 9.52. The lowest BCUT2D eigenvalue weighted by atomic mass is 9.70. The number of carbonyl (C=O) groups excluding carboxylic acids is 1. The minimum absolute atomic E-state index is 0.0317. The highest BCUT2D eigenvalue weighted by Gasteiger charge is 2.46. The van der Waals surface area contributed by atoms with Crippen molar-refractivity contribution in [2.75, 3.05) is 0 Å². The number of primary amides is 1. The van der Waals surface area contributed by atoms with Crippen LogP contribution in [0.15, 0.2) is 60.6 Å². The third-order valence-corrected chi connectivity index (χ3v) is 6.21. The lowest BCUT2D eigenvalue weighted by molar-refractivity contribution is 0.100. The molecule has 1 saturated carbocycles. The largest absolute Gasteiger partial charge is 0.508 e. The zero-order valence-corrected chi connectivity index (χ0v) is 16.9. The Labute approximate surface area is 177 Å². The van der Waals surface area contributed by atoms with Gasteiger partial charge < -0.3 is 20.3 Å². The Balaban J connectivity index is 1.83. The van der Waals surface area contributed by atoms with Crippen molar-refractivity contribution in [1.29, 1.82) is 0 Å². The number of nitrogens with two attached hydrogens (primary N) is 1. The summed E-state index contributed by atoms with van der Waals surface area (Å²) in [6.45, 7) is 1.62. The maximum Gasteiger partial charge on any atom is 0.250 e. The van der Waals surface area contributed by atoms with E-state index in [1.165, 1.54) is 18.2 Å². The SMILES string of the molecule is CC(O)C1=CC(c2cnn(C3CC3)c2)(c2cc(C(N)=O)c3cc(O)ccn23)C(F)C=C1. The number of carbonyl (C=O) groups is 1.